The van der Waals surface area contributed by atoms with Crippen LogP contribution in [0.3, 0.4) is 0 Å². The molecule has 0 saturated carbocycles. The molecule has 0 aliphatic carbocycles. The van der Waals surface area contributed by atoms with E-state index in [0.29, 0.717) is 0 Å². The molecule has 0 radical (unpaired) electrons. The smallest absolute Gasteiger partial charge is 0.308 e. The molecule has 0 aliphatic heterocycles. The summed E-state index contributed by atoms with van der Waals surface area (Å²) in [6, 6.07) is 0. The number of alkyl halides is 2. The molecule has 0 aromatic carbocycles. The minimum Gasteiger partial charge on any atom is -0.482 e. The number of hydrogen-bond donors (Lipinski definition) is 2. The molecule has 1 aromatic rings. The van der Waals surface area contributed by atoms with E-state index < -0.39 is 29.8 Å². The molecular formula is C9H9F2NO4. The number of halogens is 2. The summed E-state index contributed by atoms with van der Waals surface area (Å²) < 4.78 is 29.7. The Morgan fingerprint density at radius 1 is 1.62 bits per heavy atom. The Morgan fingerprint density at radius 3 is 2.69 bits per heavy atom. The second-order valence-electron chi connectivity index (χ2n) is 2.96. The van der Waals surface area contributed by atoms with Gasteiger partial charge in [0.25, 0.3) is 6.43 Å². The van der Waals surface area contributed by atoms with Crippen LogP contribution in [-0.4, -0.2) is 23.2 Å². The summed E-state index contributed by atoms with van der Waals surface area (Å²) in [6.45, 7) is 0. The van der Waals surface area contributed by atoms with Gasteiger partial charge in [-0.2, -0.15) is 0 Å². The molecule has 0 spiro atoms. The molecule has 0 amide bonds. The number of aromatic nitrogens is 1. The van der Waals surface area contributed by atoms with Crippen molar-refractivity contribution in [2.24, 2.45) is 0 Å². The van der Waals surface area contributed by atoms with Crippen molar-refractivity contribution in [3.8, 4) is 5.88 Å². The number of carboxylic acid groups (broad SMARTS) is 1. The van der Waals surface area contributed by atoms with Crippen molar-refractivity contribution in [2.45, 2.75) is 12.8 Å². The number of aromatic amines is 1. The Labute approximate surface area is 88.7 Å². The lowest BCUT2D eigenvalue weighted by Gasteiger charge is -2.08. The molecule has 88 valence electrons. The van der Waals surface area contributed by atoms with E-state index in [1.165, 1.54) is 0 Å². The number of ether oxygens (including phenoxy) is 1. The van der Waals surface area contributed by atoms with Gasteiger partial charge < -0.3 is 14.8 Å². The van der Waals surface area contributed by atoms with E-state index in [9.17, 15) is 18.4 Å². The fraction of sp³-hybridized carbons (Fsp3) is 0.333. The number of carbonyl (C=O) groups is 1. The molecule has 0 fully saturated rings. The second-order valence-corrected chi connectivity index (χ2v) is 2.96. The molecule has 7 heteroatoms. The third-order valence-corrected chi connectivity index (χ3v) is 1.92. The second kappa shape index (κ2) is 4.73. The Kier molecular flexibility index (Phi) is 3.60. The molecule has 0 bridgehead atoms. The number of rotatable bonds is 4. The standard InChI is InChI=1S/C9H9F2NO4/c1-16-9-6(8(10)11)7(15)4(3-12-9)2-5(13)14/h3,8H,2H2,1H3,(H,12,15)(H,13,14). The first-order valence-corrected chi connectivity index (χ1v) is 4.25. The van der Waals surface area contributed by atoms with Crippen LogP contribution in [0.15, 0.2) is 11.0 Å². The molecule has 2 N–H and O–H groups in total. The molecule has 16 heavy (non-hydrogen) atoms. The monoisotopic (exact) mass is 233 g/mol. The predicted molar refractivity (Wildman–Crippen MR) is 49.9 cm³/mol. The van der Waals surface area contributed by atoms with E-state index in [1.807, 2.05) is 0 Å². The van der Waals surface area contributed by atoms with E-state index in [2.05, 4.69) is 9.72 Å². The molecule has 1 heterocycles. The number of H-pyrrole nitrogens is 1. The number of aliphatic carboxylic acids is 1. The van der Waals surface area contributed by atoms with E-state index in [1.54, 1.807) is 0 Å². The third kappa shape index (κ3) is 2.36. The average Bonchev–Trinajstić information content (AvgIpc) is 2.19. The molecule has 0 aliphatic rings. The number of carboxylic acids is 1. The highest BCUT2D eigenvalue weighted by atomic mass is 19.3. The van der Waals surface area contributed by atoms with Crippen molar-refractivity contribution < 1.29 is 23.4 Å². The lowest BCUT2D eigenvalue weighted by atomic mass is 10.1. The van der Waals surface area contributed by atoms with Crippen LogP contribution in [0, 0.1) is 0 Å². The van der Waals surface area contributed by atoms with Gasteiger partial charge in [-0.1, -0.05) is 0 Å². The molecule has 1 aromatic heterocycles. The van der Waals surface area contributed by atoms with E-state index in [0.717, 1.165) is 13.3 Å². The zero-order chi connectivity index (χ0) is 12.3. The van der Waals surface area contributed by atoms with Gasteiger partial charge in [0.15, 0.2) is 5.43 Å². The lowest BCUT2D eigenvalue weighted by Crippen LogP contribution is -2.19. The minimum absolute atomic E-state index is 0.233. The van der Waals surface area contributed by atoms with Gasteiger partial charge in [0.05, 0.1) is 13.5 Å². The van der Waals surface area contributed by atoms with Crippen molar-refractivity contribution in [3.63, 3.8) is 0 Å². The molecular weight excluding hydrogens is 224 g/mol. The molecule has 1 rings (SSSR count). The summed E-state index contributed by atoms with van der Waals surface area (Å²) in [5.41, 5.74) is -2.09. The first-order valence-electron chi connectivity index (χ1n) is 4.25. The van der Waals surface area contributed by atoms with Gasteiger partial charge in [-0.3, -0.25) is 9.59 Å². The SMILES string of the molecule is COc1[nH]cc(CC(=O)O)c(=O)c1C(F)F. The van der Waals surface area contributed by atoms with Crippen LogP contribution in [0.25, 0.3) is 0 Å². The van der Waals surface area contributed by atoms with E-state index in [4.69, 9.17) is 5.11 Å². The maximum absolute atomic E-state index is 12.5. The number of nitrogens with one attached hydrogen (secondary N) is 1. The zero-order valence-corrected chi connectivity index (χ0v) is 8.29. The van der Waals surface area contributed by atoms with E-state index >= 15 is 0 Å². The van der Waals surface area contributed by atoms with Gasteiger partial charge in [-0.05, 0) is 0 Å². The maximum Gasteiger partial charge on any atom is 0.308 e. The fourth-order valence-corrected chi connectivity index (χ4v) is 1.23. The van der Waals surface area contributed by atoms with Crippen LogP contribution in [0.1, 0.15) is 17.6 Å². The summed E-state index contributed by atoms with van der Waals surface area (Å²) in [6.07, 6.45) is -2.58. The van der Waals surface area contributed by atoms with Gasteiger partial charge in [-0.25, -0.2) is 8.78 Å². The van der Waals surface area contributed by atoms with Crippen molar-refractivity contribution in [2.75, 3.05) is 7.11 Å². The topological polar surface area (TPSA) is 79.4 Å². The zero-order valence-electron chi connectivity index (χ0n) is 8.29. The Balaban J connectivity index is 3.32. The largest absolute Gasteiger partial charge is 0.482 e. The van der Waals surface area contributed by atoms with Crippen LogP contribution >= 0.6 is 0 Å². The fourth-order valence-electron chi connectivity index (χ4n) is 1.23. The summed E-state index contributed by atoms with van der Waals surface area (Å²) >= 11 is 0. The van der Waals surface area contributed by atoms with Crippen LogP contribution in [-0.2, 0) is 11.2 Å². The van der Waals surface area contributed by atoms with Crippen molar-refractivity contribution in [1.82, 2.24) is 4.98 Å². The Bertz CT molecular complexity index is 455. The number of hydrogen-bond acceptors (Lipinski definition) is 3. The van der Waals surface area contributed by atoms with Crippen LogP contribution < -0.4 is 10.2 Å². The van der Waals surface area contributed by atoms with Crippen LogP contribution in [0.5, 0.6) is 5.88 Å². The van der Waals surface area contributed by atoms with Gasteiger partial charge in [0.1, 0.15) is 5.56 Å². The van der Waals surface area contributed by atoms with E-state index in [-0.39, 0.29) is 11.4 Å². The first kappa shape index (κ1) is 12.2. The lowest BCUT2D eigenvalue weighted by molar-refractivity contribution is -0.136. The third-order valence-electron chi connectivity index (χ3n) is 1.92. The molecule has 0 unspecified atom stereocenters. The van der Waals surface area contributed by atoms with Crippen LogP contribution in [0.4, 0.5) is 8.78 Å². The Morgan fingerprint density at radius 2 is 2.25 bits per heavy atom. The molecule has 0 atom stereocenters. The van der Waals surface area contributed by atoms with Gasteiger partial charge in [-0.15, -0.1) is 0 Å². The van der Waals surface area contributed by atoms with Crippen molar-refractivity contribution >= 4 is 5.97 Å². The van der Waals surface area contributed by atoms with Gasteiger partial charge >= 0.3 is 5.97 Å². The highest BCUT2D eigenvalue weighted by Gasteiger charge is 2.21. The predicted octanol–water partition coefficient (Wildman–Crippen LogP) is 0.948. The van der Waals surface area contributed by atoms with Crippen LogP contribution in [0.2, 0.25) is 0 Å². The number of methoxy groups -OCH3 is 1. The highest BCUT2D eigenvalue weighted by molar-refractivity contribution is 5.70. The summed E-state index contributed by atoms with van der Waals surface area (Å²) in [4.78, 5) is 24.2. The number of pyridine rings is 1. The normalized spacial score (nSPS) is 10.5. The average molecular weight is 233 g/mol. The summed E-state index contributed by atoms with van der Waals surface area (Å²) in [5.74, 6) is -1.62. The first-order chi connectivity index (χ1) is 7.47. The molecule has 0 saturated heterocycles. The highest BCUT2D eigenvalue weighted by Crippen LogP contribution is 2.23. The minimum atomic E-state index is -3.02. The van der Waals surface area contributed by atoms with Crippen molar-refractivity contribution in [1.29, 1.82) is 0 Å². The van der Waals surface area contributed by atoms with Gasteiger partial charge in [0.2, 0.25) is 5.88 Å². The Hall–Kier alpha value is -1.92. The summed E-state index contributed by atoms with van der Waals surface area (Å²) in [5, 5.41) is 8.48. The molecule has 5 nitrogen and oxygen atoms in total. The van der Waals surface area contributed by atoms with Crippen molar-refractivity contribution in [3.05, 3.63) is 27.5 Å². The quantitative estimate of drug-likeness (QED) is 0.811. The maximum atomic E-state index is 12.5. The van der Waals surface area contributed by atoms with Gasteiger partial charge in [0, 0.05) is 11.8 Å². The summed E-state index contributed by atoms with van der Waals surface area (Å²) in [7, 11) is 1.13.